The molecule has 0 atom stereocenters. The molecule has 79 heavy (non-hydrogen) atoms. The summed E-state index contributed by atoms with van der Waals surface area (Å²) in [4.78, 5) is 21.8. The van der Waals surface area contributed by atoms with Crippen molar-refractivity contribution in [2.45, 2.75) is 0 Å². The number of carbonyl (C=O) groups is 1. The molecule has 11 rings (SSSR count). The SMILES string of the molecule is COc1ccc(N(c2ccc(OC)cc2)c2ccc(N(c3ccc(-c4ccc(-c5ccc(-c6ccc(/C=C(/C#N)C(=O)O)s6)s5)c5nsnc45)cc3)c3ccc(N(c4ccc(OC)cc4)c4ccc(OC)cc4)cc3)cc2)cc1. The smallest absolute Gasteiger partial charge is 0.346 e. The number of carboxylic acid groups (broad SMARTS) is 1. The van der Waals surface area contributed by atoms with E-state index < -0.39 is 5.97 Å². The van der Waals surface area contributed by atoms with Gasteiger partial charge in [-0.25, -0.2) is 4.79 Å². The fourth-order valence-electron chi connectivity index (χ4n) is 9.32. The Bertz CT molecular complexity index is 3750. The summed E-state index contributed by atoms with van der Waals surface area (Å²) in [7, 11) is 6.67. The predicted molar refractivity (Wildman–Crippen MR) is 321 cm³/mol. The van der Waals surface area contributed by atoms with E-state index in [2.05, 4.69) is 160 Å². The van der Waals surface area contributed by atoms with Crippen molar-refractivity contribution in [1.82, 2.24) is 8.75 Å². The van der Waals surface area contributed by atoms with Gasteiger partial charge in [-0.1, -0.05) is 24.3 Å². The largest absolute Gasteiger partial charge is 0.497 e. The summed E-state index contributed by atoms with van der Waals surface area (Å²) >= 11 is 4.25. The highest BCUT2D eigenvalue weighted by Gasteiger charge is 2.21. The van der Waals surface area contributed by atoms with Gasteiger partial charge in [0, 0.05) is 81.8 Å². The number of benzene rings is 8. The van der Waals surface area contributed by atoms with Crippen LogP contribution < -0.4 is 33.6 Å². The second-order valence-corrected chi connectivity index (χ2v) is 20.6. The Morgan fingerprint density at radius 2 is 0.747 bits per heavy atom. The predicted octanol–water partition coefficient (Wildman–Crippen LogP) is 17.3. The maximum atomic E-state index is 11.5. The minimum atomic E-state index is -1.25. The number of thiophene rings is 2. The number of hydrogen-bond donors (Lipinski definition) is 1. The first-order valence-electron chi connectivity index (χ1n) is 24.8. The van der Waals surface area contributed by atoms with Crippen molar-refractivity contribution in [3.05, 3.63) is 217 Å². The van der Waals surface area contributed by atoms with E-state index in [1.807, 2.05) is 60.7 Å². The third-order valence-corrected chi connectivity index (χ3v) is 16.2. The number of aliphatic carboxylic acids is 1. The molecule has 1 N–H and O–H groups in total. The van der Waals surface area contributed by atoms with Gasteiger partial charge in [-0.05, 0) is 194 Å². The Balaban J connectivity index is 0.953. The Morgan fingerprint density at radius 1 is 0.430 bits per heavy atom. The van der Waals surface area contributed by atoms with E-state index in [0.717, 1.165) is 117 Å². The number of rotatable bonds is 18. The first-order valence-corrected chi connectivity index (χ1v) is 27.2. The van der Waals surface area contributed by atoms with Crippen molar-refractivity contribution in [2.24, 2.45) is 0 Å². The molecule has 0 radical (unpaired) electrons. The molecule has 3 heterocycles. The van der Waals surface area contributed by atoms with Gasteiger partial charge in [0.05, 0.1) is 40.2 Å². The minimum absolute atomic E-state index is 0.305. The summed E-state index contributed by atoms with van der Waals surface area (Å²) in [6, 6.07) is 71.7. The normalized spacial score (nSPS) is 11.2. The van der Waals surface area contributed by atoms with Gasteiger partial charge in [-0.15, -0.1) is 22.7 Å². The molecule has 8 aromatic carbocycles. The van der Waals surface area contributed by atoms with Gasteiger partial charge in [-0.3, -0.25) is 0 Å². The molecular weight excluding hydrogens is 1040 g/mol. The molecule has 3 aromatic heterocycles. The molecule has 0 fully saturated rings. The van der Waals surface area contributed by atoms with Gasteiger partial charge >= 0.3 is 5.97 Å². The highest BCUT2D eigenvalue weighted by atomic mass is 32.1. The van der Waals surface area contributed by atoms with Gasteiger partial charge in [-0.2, -0.15) is 14.0 Å². The lowest BCUT2D eigenvalue weighted by atomic mass is 10.00. The van der Waals surface area contributed by atoms with Crippen LogP contribution >= 0.6 is 34.4 Å². The summed E-state index contributed by atoms with van der Waals surface area (Å²) in [5.41, 5.74) is 12.9. The molecule has 0 bridgehead atoms. The van der Waals surface area contributed by atoms with Crippen molar-refractivity contribution in [1.29, 1.82) is 5.26 Å². The Labute approximate surface area is 469 Å². The lowest BCUT2D eigenvalue weighted by Crippen LogP contribution is -2.13. The summed E-state index contributed by atoms with van der Waals surface area (Å²) < 4.78 is 31.7. The van der Waals surface area contributed by atoms with Crippen molar-refractivity contribution < 1.29 is 28.8 Å². The zero-order valence-electron chi connectivity index (χ0n) is 43.1. The second-order valence-electron chi connectivity index (χ2n) is 17.8. The molecule has 0 aliphatic carbocycles. The maximum absolute atomic E-state index is 11.5. The van der Waals surface area contributed by atoms with Crippen LogP contribution in [0.1, 0.15) is 4.88 Å². The van der Waals surface area contributed by atoms with Crippen LogP contribution in [0.15, 0.2) is 212 Å². The second kappa shape index (κ2) is 22.9. The molecule has 15 heteroatoms. The highest BCUT2D eigenvalue weighted by molar-refractivity contribution is 7.24. The van der Waals surface area contributed by atoms with Gasteiger partial charge in [0.15, 0.2) is 0 Å². The minimum Gasteiger partial charge on any atom is -0.497 e. The lowest BCUT2D eigenvalue weighted by Gasteiger charge is -2.29. The highest BCUT2D eigenvalue weighted by Crippen LogP contribution is 2.45. The summed E-state index contributed by atoms with van der Waals surface area (Å²) in [6.45, 7) is 0. The number of nitrogens with zero attached hydrogens (tertiary/aromatic N) is 6. The van der Waals surface area contributed by atoms with E-state index in [0.29, 0.717) is 4.88 Å². The number of ether oxygens (including phenoxy) is 4. The summed E-state index contributed by atoms with van der Waals surface area (Å²) in [6.07, 6.45) is 1.40. The van der Waals surface area contributed by atoms with Gasteiger partial charge in [0.1, 0.15) is 45.7 Å². The Morgan fingerprint density at radius 3 is 1.11 bits per heavy atom. The number of fused-ring (bicyclic) bond motifs is 1. The number of nitriles is 1. The average molecular weight is 1090 g/mol. The molecule has 388 valence electrons. The van der Waals surface area contributed by atoms with E-state index in [1.54, 1.807) is 45.8 Å². The summed E-state index contributed by atoms with van der Waals surface area (Å²) in [5.74, 6) is 1.84. The average Bonchev–Trinajstić information content (AvgIpc) is 4.35. The molecule has 0 amide bonds. The molecule has 12 nitrogen and oxygen atoms in total. The standard InChI is InChI=1S/C64H48N6O6S3/c1-73-52-25-17-48(18-26-52)69(49-19-27-53(74-2)28-20-49)46-13-9-44(10-14-46)68(45-11-15-47(16-12-45)70(50-21-29-54(75-3)30-22-50)51-23-31-55(76-4)32-24-51)43-7-5-41(6-8-43)57-34-35-58(63-62(57)66-79-67-63)59-37-38-61(78-59)60-36-33-56(77-60)39-42(40-65)64(71)72/h5-39H,1-4H3,(H,71,72)/b42-39-. The third-order valence-electron chi connectivity index (χ3n) is 13.3. The van der Waals surface area contributed by atoms with Gasteiger partial charge in [0.25, 0.3) is 0 Å². The van der Waals surface area contributed by atoms with Crippen molar-refractivity contribution in [3.8, 4) is 60.4 Å². The monoisotopic (exact) mass is 1090 g/mol. The lowest BCUT2D eigenvalue weighted by molar-refractivity contribution is -0.132. The fraction of sp³-hybridized carbons (Fsp3) is 0.0625. The van der Waals surface area contributed by atoms with Crippen molar-refractivity contribution in [2.75, 3.05) is 43.1 Å². The summed E-state index contributed by atoms with van der Waals surface area (Å²) in [5, 5.41) is 18.6. The number of aromatic nitrogens is 2. The maximum Gasteiger partial charge on any atom is 0.346 e. The van der Waals surface area contributed by atoms with E-state index in [1.165, 1.54) is 29.1 Å². The van der Waals surface area contributed by atoms with Crippen LogP contribution in [0.4, 0.5) is 51.2 Å². The molecule has 11 aromatic rings. The van der Waals surface area contributed by atoms with Gasteiger partial charge in [0.2, 0.25) is 0 Å². The first kappa shape index (κ1) is 51.4. The Kier molecular flexibility index (Phi) is 14.9. The topological polar surface area (TPSA) is 134 Å². The number of anilines is 9. The van der Waals surface area contributed by atoms with E-state index in [-0.39, 0.29) is 5.57 Å². The number of methoxy groups -OCH3 is 4. The van der Waals surface area contributed by atoms with Crippen LogP contribution in [0.3, 0.4) is 0 Å². The van der Waals surface area contributed by atoms with Crippen LogP contribution in [0, 0.1) is 11.3 Å². The number of hydrogen-bond acceptors (Lipinski definition) is 14. The molecule has 0 saturated carbocycles. The molecule has 0 aliphatic rings. The number of carboxylic acids is 1. The molecule has 0 saturated heterocycles. The zero-order chi connectivity index (χ0) is 54.4. The van der Waals surface area contributed by atoms with E-state index in [9.17, 15) is 15.2 Å². The Hall–Kier alpha value is -9.72. The van der Waals surface area contributed by atoms with Crippen molar-refractivity contribution >= 4 is 109 Å². The van der Waals surface area contributed by atoms with Crippen molar-refractivity contribution in [3.63, 3.8) is 0 Å². The molecule has 0 unspecified atom stereocenters. The van der Waals surface area contributed by atoms with E-state index in [4.69, 9.17) is 27.7 Å². The van der Waals surface area contributed by atoms with Crippen LogP contribution in [0.5, 0.6) is 23.0 Å². The molecular formula is C64H48N6O6S3. The third kappa shape index (κ3) is 10.7. The van der Waals surface area contributed by atoms with Crippen LogP contribution in [-0.2, 0) is 4.79 Å². The molecule has 0 spiro atoms. The zero-order valence-corrected chi connectivity index (χ0v) is 45.6. The van der Waals surface area contributed by atoms with Crippen LogP contribution in [-0.4, -0.2) is 48.3 Å². The first-order chi connectivity index (χ1) is 38.7. The van der Waals surface area contributed by atoms with Crippen LogP contribution in [0.2, 0.25) is 0 Å². The van der Waals surface area contributed by atoms with Gasteiger partial charge < -0.3 is 38.8 Å². The molecule has 0 aliphatic heterocycles. The quantitative estimate of drug-likeness (QED) is 0.0648. The van der Waals surface area contributed by atoms with E-state index >= 15 is 0 Å². The fourth-order valence-corrected chi connectivity index (χ4v) is 12.0. The van der Waals surface area contributed by atoms with Crippen LogP contribution in [0.25, 0.3) is 48.4 Å².